The molecule has 7 heteroatoms. The molecule has 3 rings (SSSR count). The van der Waals surface area contributed by atoms with Gasteiger partial charge in [0.2, 0.25) is 0 Å². The molecule has 0 radical (unpaired) electrons. The van der Waals surface area contributed by atoms with Crippen molar-refractivity contribution in [2.75, 3.05) is 33.4 Å². The lowest BCUT2D eigenvalue weighted by molar-refractivity contribution is -0.143. The van der Waals surface area contributed by atoms with Gasteiger partial charge in [0.1, 0.15) is 5.75 Å². The van der Waals surface area contributed by atoms with Crippen LogP contribution in [-0.4, -0.2) is 54.7 Å². The summed E-state index contributed by atoms with van der Waals surface area (Å²) in [6.45, 7) is 7.46. The first kappa shape index (κ1) is 23.8. The largest absolute Gasteiger partial charge is 0.497 e. The van der Waals surface area contributed by atoms with Crippen molar-refractivity contribution in [2.24, 2.45) is 0 Å². The Hall–Kier alpha value is -2.83. The Labute approximate surface area is 193 Å². The van der Waals surface area contributed by atoms with E-state index in [1.165, 1.54) is 0 Å². The summed E-state index contributed by atoms with van der Waals surface area (Å²) in [5.41, 5.74) is 1.93. The SMILES string of the molecule is CCN(CC)CCCOC(=O)Cc1cn(C(=O)c2ccc(Cl)cc2)c2ccc(OC)cc12. The summed E-state index contributed by atoms with van der Waals surface area (Å²) in [7, 11) is 1.58. The molecule has 1 aromatic heterocycles. The molecule has 6 nitrogen and oxygen atoms in total. The summed E-state index contributed by atoms with van der Waals surface area (Å²) in [4.78, 5) is 27.9. The zero-order chi connectivity index (χ0) is 23.1. The van der Waals surface area contributed by atoms with E-state index < -0.39 is 0 Å². The van der Waals surface area contributed by atoms with Crippen molar-refractivity contribution in [2.45, 2.75) is 26.7 Å². The highest BCUT2D eigenvalue weighted by Gasteiger charge is 2.18. The van der Waals surface area contributed by atoms with Crippen molar-refractivity contribution in [1.82, 2.24) is 9.47 Å². The van der Waals surface area contributed by atoms with Gasteiger partial charge in [-0.05, 0) is 67.5 Å². The first-order valence-corrected chi connectivity index (χ1v) is 11.2. The quantitative estimate of drug-likeness (QED) is 0.323. The van der Waals surface area contributed by atoms with Gasteiger partial charge >= 0.3 is 5.97 Å². The number of carbonyl (C=O) groups is 2. The van der Waals surface area contributed by atoms with E-state index in [1.54, 1.807) is 48.2 Å². The molecular formula is C25H29ClN2O4. The Kier molecular flexibility index (Phi) is 8.31. The second-order valence-electron chi connectivity index (χ2n) is 7.50. The minimum atomic E-state index is -0.314. The predicted octanol–water partition coefficient (Wildman–Crippen LogP) is 4.81. The summed E-state index contributed by atoms with van der Waals surface area (Å²) in [5, 5.41) is 1.35. The van der Waals surface area contributed by atoms with Crippen LogP contribution in [0, 0.1) is 0 Å². The molecule has 170 valence electrons. The molecule has 0 spiro atoms. The average Bonchev–Trinajstić information content (AvgIpc) is 3.16. The maximum Gasteiger partial charge on any atom is 0.310 e. The molecule has 0 unspecified atom stereocenters. The molecule has 0 atom stereocenters. The van der Waals surface area contributed by atoms with Crippen molar-refractivity contribution < 1.29 is 19.1 Å². The van der Waals surface area contributed by atoms with Crippen LogP contribution in [0.15, 0.2) is 48.7 Å². The smallest absolute Gasteiger partial charge is 0.310 e. The molecule has 0 aliphatic heterocycles. The van der Waals surface area contributed by atoms with Crippen LogP contribution in [0.4, 0.5) is 0 Å². The van der Waals surface area contributed by atoms with Gasteiger partial charge in [-0.1, -0.05) is 25.4 Å². The molecule has 0 N–H and O–H groups in total. The number of ether oxygens (including phenoxy) is 2. The van der Waals surface area contributed by atoms with Crippen molar-refractivity contribution >= 4 is 34.4 Å². The number of aromatic nitrogens is 1. The third-order valence-electron chi connectivity index (χ3n) is 5.52. The zero-order valence-corrected chi connectivity index (χ0v) is 19.5. The lowest BCUT2D eigenvalue weighted by Crippen LogP contribution is -2.25. The predicted molar refractivity (Wildman–Crippen MR) is 127 cm³/mol. The number of nitrogens with zero attached hydrogens (tertiary/aromatic N) is 2. The highest BCUT2D eigenvalue weighted by Crippen LogP contribution is 2.27. The van der Waals surface area contributed by atoms with Crippen LogP contribution >= 0.6 is 11.6 Å². The minimum Gasteiger partial charge on any atom is -0.497 e. The second kappa shape index (κ2) is 11.2. The highest BCUT2D eigenvalue weighted by atomic mass is 35.5. The van der Waals surface area contributed by atoms with Crippen LogP contribution in [0.1, 0.15) is 36.2 Å². The number of methoxy groups -OCH3 is 1. The van der Waals surface area contributed by atoms with Gasteiger partial charge in [0.25, 0.3) is 5.91 Å². The Balaban J connectivity index is 1.79. The standard InChI is InChI=1S/C25H29ClN2O4/c1-4-27(5-2)13-6-14-32-24(29)15-19-17-28(23-12-11-21(31-3)16-22(19)23)25(30)18-7-9-20(26)10-8-18/h7-12,16-17H,4-6,13-15H2,1-3H3. The molecular weight excluding hydrogens is 428 g/mol. The number of carbonyl (C=O) groups excluding carboxylic acids is 2. The Morgan fingerprint density at radius 3 is 2.44 bits per heavy atom. The maximum absolute atomic E-state index is 13.1. The molecule has 3 aromatic rings. The lowest BCUT2D eigenvalue weighted by atomic mass is 10.1. The van der Waals surface area contributed by atoms with E-state index in [4.69, 9.17) is 21.1 Å². The molecule has 0 aliphatic carbocycles. The van der Waals surface area contributed by atoms with Crippen LogP contribution in [0.5, 0.6) is 5.75 Å². The molecule has 0 fully saturated rings. The van der Waals surface area contributed by atoms with E-state index in [0.29, 0.717) is 28.5 Å². The number of halogens is 1. The van der Waals surface area contributed by atoms with Crippen molar-refractivity contribution in [3.8, 4) is 5.75 Å². The maximum atomic E-state index is 13.1. The molecule has 0 aliphatic rings. The third-order valence-corrected chi connectivity index (χ3v) is 5.77. The fourth-order valence-corrected chi connectivity index (χ4v) is 3.79. The summed E-state index contributed by atoms with van der Waals surface area (Å²) >= 11 is 5.95. The number of fused-ring (bicyclic) bond motifs is 1. The van der Waals surface area contributed by atoms with E-state index in [0.717, 1.165) is 37.0 Å². The van der Waals surface area contributed by atoms with E-state index >= 15 is 0 Å². The molecule has 0 amide bonds. The van der Waals surface area contributed by atoms with Crippen LogP contribution in [0.25, 0.3) is 10.9 Å². The summed E-state index contributed by atoms with van der Waals surface area (Å²) in [6, 6.07) is 12.2. The monoisotopic (exact) mass is 456 g/mol. The topological polar surface area (TPSA) is 60.8 Å². The van der Waals surface area contributed by atoms with Gasteiger partial charge < -0.3 is 14.4 Å². The van der Waals surface area contributed by atoms with Crippen molar-refractivity contribution in [3.05, 3.63) is 64.8 Å². The Bertz CT molecular complexity index is 1070. The van der Waals surface area contributed by atoms with Crippen LogP contribution in [-0.2, 0) is 16.0 Å². The van der Waals surface area contributed by atoms with Gasteiger partial charge in [0.05, 0.1) is 25.7 Å². The molecule has 0 bridgehead atoms. The minimum absolute atomic E-state index is 0.0792. The Morgan fingerprint density at radius 2 is 1.78 bits per heavy atom. The molecule has 0 saturated heterocycles. The van der Waals surface area contributed by atoms with Crippen LogP contribution < -0.4 is 4.74 Å². The first-order chi connectivity index (χ1) is 15.5. The van der Waals surface area contributed by atoms with E-state index in [1.807, 2.05) is 12.1 Å². The molecule has 32 heavy (non-hydrogen) atoms. The third kappa shape index (κ3) is 5.69. The number of benzene rings is 2. The normalized spacial score (nSPS) is 11.2. The number of hydrogen-bond acceptors (Lipinski definition) is 5. The number of rotatable bonds is 10. The number of hydrogen-bond donors (Lipinski definition) is 0. The van der Waals surface area contributed by atoms with Gasteiger partial charge in [-0.2, -0.15) is 0 Å². The van der Waals surface area contributed by atoms with E-state index in [-0.39, 0.29) is 18.3 Å². The average molecular weight is 457 g/mol. The van der Waals surface area contributed by atoms with Crippen molar-refractivity contribution in [1.29, 1.82) is 0 Å². The van der Waals surface area contributed by atoms with E-state index in [2.05, 4.69) is 18.7 Å². The summed E-state index contributed by atoms with van der Waals surface area (Å²) in [5.74, 6) is 0.143. The van der Waals surface area contributed by atoms with Gasteiger partial charge in [-0.25, -0.2) is 0 Å². The van der Waals surface area contributed by atoms with Gasteiger partial charge in [-0.15, -0.1) is 0 Å². The molecule has 1 heterocycles. The highest BCUT2D eigenvalue weighted by molar-refractivity contribution is 6.30. The Morgan fingerprint density at radius 1 is 1.06 bits per heavy atom. The van der Waals surface area contributed by atoms with Gasteiger partial charge in [-0.3, -0.25) is 14.2 Å². The molecule has 0 saturated carbocycles. The van der Waals surface area contributed by atoms with Crippen molar-refractivity contribution in [3.63, 3.8) is 0 Å². The van der Waals surface area contributed by atoms with Crippen LogP contribution in [0.2, 0.25) is 5.02 Å². The first-order valence-electron chi connectivity index (χ1n) is 10.8. The fraction of sp³-hybridized carbons (Fsp3) is 0.360. The van der Waals surface area contributed by atoms with E-state index in [9.17, 15) is 9.59 Å². The second-order valence-corrected chi connectivity index (χ2v) is 7.93. The molecule has 2 aromatic carbocycles. The van der Waals surface area contributed by atoms with Crippen LogP contribution in [0.3, 0.4) is 0 Å². The van der Waals surface area contributed by atoms with Gasteiger partial charge in [0.15, 0.2) is 0 Å². The zero-order valence-electron chi connectivity index (χ0n) is 18.8. The summed E-state index contributed by atoms with van der Waals surface area (Å²) in [6.07, 6.45) is 2.58. The lowest BCUT2D eigenvalue weighted by Gasteiger charge is -2.17. The van der Waals surface area contributed by atoms with Gasteiger partial charge in [0, 0.05) is 28.7 Å². The number of esters is 1. The fourth-order valence-electron chi connectivity index (χ4n) is 3.67. The summed E-state index contributed by atoms with van der Waals surface area (Å²) < 4.78 is 12.4.